The summed E-state index contributed by atoms with van der Waals surface area (Å²) in [6.45, 7) is 4.18. The second-order valence-corrected chi connectivity index (χ2v) is 5.39. The minimum Gasteiger partial charge on any atom is -0.497 e. The molecule has 1 heterocycles. The van der Waals surface area contributed by atoms with E-state index in [4.69, 9.17) is 9.47 Å². The summed E-state index contributed by atoms with van der Waals surface area (Å²) in [6.07, 6.45) is -0.313. The van der Waals surface area contributed by atoms with Crippen LogP contribution in [0.1, 0.15) is 46.5 Å². The van der Waals surface area contributed by atoms with Gasteiger partial charge in [0.05, 0.1) is 7.11 Å². The third-order valence-electron chi connectivity index (χ3n) is 3.71. The molecule has 25 heavy (non-hydrogen) atoms. The van der Waals surface area contributed by atoms with Gasteiger partial charge in [-0.1, -0.05) is 12.1 Å². The minimum absolute atomic E-state index is 0.212. The van der Waals surface area contributed by atoms with Gasteiger partial charge in [-0.3, -0.25) is 9.59 Å². The molecule has 7 nitrogen and oxygen atoms in total. The Morgan fingerprint density at radius 2 is 1.88 bits per heavy atom. The highest BCUT2D eigenvalue weighted by Gasteiger charge is 2.21. The zero-order valence-corrected chi connectivity index (χ0v) is 14.8. The standard InChI is InChI=1S/C18H23N3O4/c1-5-20-17(22)14-10-15(16(21-14)18(23)19-3)25-11(2)12-6-8-13(24-4)9-7-12/h6-11,21H,5H2,1-4H3,(H,19,23)(H,20,22)/t11-/m1/s1. The highest BCUT2D eigenvalue weighted by Crippen LogP contribution is 2.27. The van der Waals surface area contributed by atoms with Crippen molar-refractivity contribution in [3.05, 3.63) is 47.3 Å². The maximum absolute atomic E-state index is 12.1. The smallest absolute Gasteiger partial charge is 0.271 e. The molecule has 3 N–H and O–H groups in total. The van der Waals surface area contributed by atoms with Gasteiger partial charge in [0.15, 0.2) is 5.75 Å². The Labute approximate surface area is 146 Å². The van der Waals surface area contributed by atoms with E-state index >= 15 is 0 Å². The fraction of sp³-hybridized carbons (Fsp3) is 0.333. The molecule has 2 aromatic rings. The normalized spacial score (nSPS) is 11.5. The molecule has 2 rings (SSSR count). The second kappa shape index (κ2) is 8.23. The van der Waals surface area contributed by atoms with Gasteiger partial charge in [-0.2, -0.15) is 0 Å². The van der Waals surface area contributed by atoms with Crippen LogP contribution in [0.3, 0.4) is 0 Å². The fourth-order valence-corrected chi connectivity index (χ4v) is 2.33. The number of H-pyrrole nitrogens is 1. The van der Waals surface area contributed by atoms with Gasteiger partial charge >= 0.3 is 0 Å². The van der Waals surface area contributed by atoms with E-state index in [-0.39, 0.29) is 29.3 Å². The van der Waals surface area contributed by atoms with Crippen molar-refractivity contribution in [3.8, 4) is 11.5 Å². The van der Waals surface area contributed by atoms with E-state index in [1.165, 1.54) is 13.1 Å². The summed E-state index contributed by atoms with van der Waals surface area (Å²) in [5, 5.41) is 5.22. The largest absolute Gasteiger partial charge is 0.497 e. The second-order valence-electron chi connectivity index (χ2n) is 5.39. The molecule has 1 aromatic heterocycles. The van der Waals surface area contributed by atoms with Crippen molar-refractivity contribution in [2.24, 2.45) is 0 Å². The van der Waals surface area contributed by atoms with Crippen molar-refractivity contribution in [1.29, 1.82) is 0 Å². The average Bonchev–Trinajstić information content (AvgIpc) is 3.05. The maximum atomic E-state index is 12.1. The predicted molar refractivity (Wildman–Crippen MR) is 94.2 cm³/mol. The van der Waals surface area contributed by atoms with E-state index in [0.29, 0.717) is 12.3 Å². The minimum atomic E-state index is -0.354. The average molecular weight is 345 g/mol. The number of aromatic amines is 1. The summed E-state index contributed by atoms with van der Waals surface area (Å²) in [4.78, 5) is 26.9. The summed E-state index contributed by atoms with van der Waals surface area (Å²) in [6, 6.07) is 8.99. The van der Waals surface area contributed by atoms with Gasteiger partial charge in [-0.25, -0.2) is 0 Å². The summed E-state index contributed by atoms with van der Waals surface area (Å²) < 4.78 is 11.1. The molecule has 1 aromatic carbocycles. The van der Waals surface area contributed by atoms with Crippen LogP contribution in [0, 0.1) is 0 Å². The molecule has 1 atom stereocenters. The quantitative estimate of drug-likeness (QED) is 0.718. The Morgan fingerprint density at radius 1 is 1.20 bits per heavy atom. The highest BCUT2D eigenvalue weighted by atomic mass is 16.5. The van der Waals surface area contributed by atoms with Gasteiger partial charge in [-0.15, -0.1) is 0 Å². The number of hydrogen-bond donors (Lipinski definition) is 3. The lowest BCUT2D eigenvalue weighted by Gasteiger charge is -2.15. The first kappa shape index (κ1) is 18.4. The fourth-order valence-electron chi connectivity index (χ4n) is 2.33. The molecular weight excluding hydrogens is 322 g/mol. The number of aromatic nitrogens is 1. The number of ether oxygens (including phenoxy) is 2. The van der Waals surface area contributed by atoms with Gasteiger partial charge in [0.25, 0.3) is 11.8 Å². The van der Waals surface area contributed by atoms with E-state index in [9.17, 15) is 9.59 Å². The Morgan fingerprint density at radius 3 is 2.44 bits per heavy atom. The third kappa shape index (κ3) is 4.32. The molecule has 0 aliphatic carbocycles. The van der Waals surface area contributed by atoms with Crippen LogP contribution in [0.5, 0.6) is 11.5 Å². The third-order valence-corrected chi connectivity index (χ3v) is 3.71. The summed E-state index contributed by atoms with van der Waals surface area (Å²) in [5.41, 5.74) is 1.41. The molecule has 0 fully saturated rings. The Hall–Kier alpha value is -2.96. The summed E-state index contributed by atoms with van der Waals surface area (Å²) in [7, 11) is 3.12. The van der Waals surface area contributed by atoms with E-state index in [1.54, 1.807) is 7.11 Å². The Kier molecular flexibility index (Phi) is 6.05. The van der Waals surface area contributed by atoms with Crippen LogP contribution in [0.25, 0.3) is 0 Å². The molecule has 0 aliphatic heterocycles. The lowest BCUT2D eigenvalue weighted by atomic mass is 10.1. The number of carbonyl (C=O) groups is 2. The Bertz CT molecular complexity index is 737. The van der Waals surface area contributed by atoms with Crippen molar-refractivity contribution in [3.63, 3.8) is 0 Å². The summed E-state index contributed by atoms with van der Waals surface area (Å²) >= 11 is 0. The van der Waals surface area contributed by atoms with Crippen LogP contribution in [0.15, 0.2) is 30.3 Å². The van der Waals surface area contributed by atoms with Crippen molar-refractivity contribution >= 4 is 11.8 Å². The van der Waals surface area contributed by atoms with Crippen LogP contribution in [-0.4, -0.2) is 37.5 Å². The van der Waals surface area contributed by atoms with E-state index < -0.39 is 0 Å². The number of methoxy groups -OCH3 is 1. The molecule has 0 bridgehead atoms. The molecule has 2 amide bonds. The van der Waals surface area contributed by atoms with Crippen molar-refractivity contribution in [2.45, 2.75) is 20.0 Å². The molecule has 134 valence electrons. The first-order valence-corrected chi connectivity index (χ1v) is 8.04. The van der Waals surface area contributed by atoms with E-state index in [0.717, 1.165) is 11.3 Å². The lowest BCUT2D eigenvalue weighted by molar-refractivity contribution is 0.0951. The van der Waals surface area contributed by atoms with E-state index in [2.05, 4.69) is 15.6 Å². The topological polar surface area (TPSA) is 92.4 Å². The van der Waals surface area contributed by atoms with Crippen molar-refractivity contribution < 1.29 is 19.1 Å². The molecule has 0 radical (unpaired) electrons. The zero-order chi connectivity index (χ0) is 18.4. The summed E-state index contributed by atoms with van der Waals surface area (Å²) in [5.74, 6) is 0.429. The molecule has 0 spiro atoms. The number of rotatable bonds is 7. The molecule has 0 unspecified atom stereocenters. The van der Waals surface area contributed by atoms with E-state index in [1.807, 2.05) is 38.1 Å². The number of benzene rings is 1. The zero-order valence-electron chi connectivity index (χ0n) is 14.8. The molecule has 0 saturated carbocycles. The van der Waals surface area contributed by atoms with Crippen LogP contribution in [0.2, 0.25) is 0 Å². The molecule has 0 saturated heterocycles. The number of nitrogens with one attached hydrogen (secondary N) is 3. The van der Waals surface area contributed by atoms with Gasteiger partial charge in [-0.05, 0) is 31.5 Å². The predicted octanol–water partition coefficient (Wildman–Crippen LogP) is 2.27. The lowest BCUT2D eigenvalue weighted by Crippen LogP contribution is -2.23. The van der Waals surface area contributed by atoms with Gasteiger partial charge < -0.3 is 25.1 Å². The molecular formula is C18H23N3O4. The monoisotopic (exact) mass is 345 g/mol. The van der Waals surface area contributed by atoms with Crippen molar-refractivity contribution in [2.75, 3.05) is 20.7 Å². The van der Waals surface area contributed by atoms with Crippen molar-refractivity contribution in [1.82, 2.24) is 15.6 Å². The van der Waals surface area contributed by atoms with Gasteiger partial charge in [0, 0.05) is 19.7 Å². The number of amides is 2. The highest BCUT2D eigenvalue weighted by molar-refractivity contribution is 5.99. The Balaban J connectivity index is 2.26. The van der Waals surface area contributed by atoms with Crippen LogP contribution < -0.4 is 20.1 Å². The van der Waals surface area contributed by atoms with Crippen LogP contribution in [-0.2, 0) is 0 Å². The molecule has 7 heteroatoms. The van der Waals surface area contributed by atoms with Crippen LogP contribution >= 0.6 is 0 Å². The number of hydrogen-bond acceptors (Lipinski definition) is 4. The molecule has 0 aliphatic rings. The van der Waals surface area contributed by atoms with Gasteiger partial charge in [0.1, 0.15) is 23.2 Å². The first-order chi connectivity index (χ1) is 12.0. The van der Waals surface area contributed by atoms with Crippen LogP contribution in [0.4, 0.5) is 0 Å². The number of carbonyl (C=O) groups excluding carboxylic acids is 2. The van der Waals surface area contributed by atoms with Gasteiger partial charge in [0.2, 0.25) is 0 Å². The maximum Gasteiger partial charge on any atom is 0.271 e. The first-order valence-electron chi connectivity index (χ1n) is 8.04. The SMILES string of the molecule is CCNC(=O)c1cc(O[C@H](C)c2ccc(OC)cc2)c(C(=O)NC)[nH]1.